The van der Waals surface area contributed by atoms with Gasteiger partial charge in [0, 0.05) is 5.75 Å². The van der Waals surface area contributed by atoms with Crippen molar-refractivity contribution < 1.29 is 14.9 Å². The van der Waals surface area contributed by atoms with Crippen LogP contribution in [0.3, 0.4) is 0 Å². The highest BCUT2D eigenvalue weighted by Crippen LogP contribution is 1.81. The molecule has 3 nitrogen and oxygen atoms in total. The van der Waals surface area contributed by atoms with Crippen LogP contribution >= 0.6 is 12.6 Å². The largest absolute Gasteiger partial charge is 0.394 e. The molecule has 2 N–H and O–H groups in total. The third kappa shape index (κ3) is 18.6. The topological polar surface area (TPSA) is 49.7 Å². The molecule has 0 aliphatic heterocycles. The van der Waals surface area contributed by atoms with Crippen molar-refractivity contribution in [1.29, 1.82) is 0 Å². The second-order valence-corrected chi connectivity index (χ2v) is 2.50. The molecule has 0 saturated carbocycles. The Morgan fingerprint density at radius 1 is 1.31 bits per heavy atom. The van der Waals surface area contributed by atoms with Gasteiger partial charge in [-0.3, -0.25) is 0 Å². The molecule has 0 rings (SSSR count). The van der Waals surface area contributed by atoms with Gasteiger partial charge in [0.15, 0.2) is 0 Å². The molecule has 1 unspecified atom stereocenters. The maximum Gasteiger partial charge on any atom is 0.0858 e. The molecule has 0 aliphatic rings. The summed E-state index contributed by atoms with van der Waals surface area (Å²) in [7, 11) is 0. The SMILES string of the molecule is C=CCOCC=C.OCC(O)CS. The van der Waals surface area contributed by atoms with E-state index in [0.29, 0.717) is 19.0 Å². The third-order valence-corrected chi connectivity index (χ3v) is 1.31. The monoisotopic (exact) mass is 206 g/mol. The fraction of sp³-hybridized carbons (Fsp3) is 0.556. The first-order chi connectivity index (χ1) is 6.22. The lowest BCUT2D eigenvalue weighted by molar-refractivity contribution is 0.114. The van der Waals surface area contributed by atoms with Crippen LogP contribution in [0.5, 0.6) is 0 Å². The summed E-state index contributed by atoms with van der Waals surface area (Å²) in [5, 5.41) is 16.4. The third-order valence-electron chi connectivity index (χ3n) is 0.893. The number of hydrogen-bond acceptors (Lipinski definition) is 4. The molecule has 0 aromatic rings. The molecular formula is C9H18O3S. The summed E-state index contributed by atoms with van der Waals surface area (Å²) in [5.41, 5.74) is 0. The first kappa shape index (κ1) is 15.2. The molecule has 0 heterocycles. The van der Waals surface area contributed by atoms with Gasteiger partial charge in [-0.25, -0.2) is 0 Å². The lowest BCUT2D eigenvalue weighted by atomic mass is 10.4. The highest BCUT2D eigenvalue weighted by atomic mass is 32.1. The van der Waals surface area contributed by atoms with Crippen LogP contribution in [0.4, 0.5) is 0 Å². The van der Waals surface area contributed by atoms with Crippen molar-refractivity contribution in [1.82, 2.24) is 0 Å². The molecular weight excluding hydrogens is 188 g/mol. The van der Waals surface area contributed by atoms with Crippen molar-refractivity contribution in [2.45, 2.75) is 6.10 Å². The molecule has 1 atom stereocenters. The van der Waals surface area contributed by atoms with Crippen LogP contribution in [0.2, 0.25) is 0 Å². The van der Waals surface area contributed by atoms with Gasteiger partial charge < -0.3 is 14.9 Å². The van der Waals surface area contributed by atoms with Crippen LogP contribution in [-0.4, -0.2) is 41.9 Å². The van der Waals surface area contributed by atoms with Gasteiger partial charge in [-0.1, -0.05) is 12.2 Å². The number of ether oxygens (including phenoxy) is 1. The number of aliphatic hydroxyl groups excluding tert-OH is 2. The van der Waals surface area contributed by atoms with E-state index in [1.807, 2.05) is 0 Å². The first-order valence-corrected chi connectivity index (χ1v) is 4.55. The minimum Gasteiger partial charge on any atom is -0.394 e. The van der Waals surface area contributed by atoms with Gasteiger partial charge in [0.1, 0.15) is 0 Å². The van der Waals surface area contributed by atoms with E-state index in [9.17, 15) is 0 Å². The van der Waals surface area contributed by atoms with Crippen molar-refractivity contribution in [3.8, 4) is 0 Å². The summed E-state index contributed by atoms with van der Waals surface area (Å²) >= 11 is 3.69. The number of rotatable bonds is 6. The van der Waals surface area contributed by atoms with E-state index in [1.54, 1.807) is 12.2 Å². The quantitative estimate of drug-likeness (QED) is 0.340. The predicted octanol–water partition coefficient (Wildman–Crippen LogP) is 0.644. The fourth-order valence-electron chi connectivity index (χ4n) is 0.292. The summed E-state index contributed by atoms with van der Waals surface area (Å²) in [6.45, 7) is 7.99. The summed E-state index contributed by atoms with van der Waals surface area (Å²) in [6.07, 6.45) is 2.78. The predicted molar refractivity (Wildman–Crippen MR) is 58.2 cm³/mol. The fourth-order valence-corrected chi connectivity index (χ4v) is 0.408. The first-order valence-electron chi connectivity index (χ1n) is 3.92. The van der Waals surface area contributed by atoms with Crippen LogP contribution < -0.4 is 0 Å². The van der Waals surface area contributed by atoms with E-state index in [1.165, 1.54) is 0 Å². The molecule has 0 aromatic heterocycles. The van der Waals surface area contributed by atoms with Crippen LogP contribution in [0.15, 0.2) is 25.3 Å². The average molecular weight is 206 g/mol. The smallest absolute Gasteiger partial charge is 0.0858 e. The molecule has 0 fully saturated rings. The highest BCUT2D eigenvalue weighted by molar-refractivity contribution is 7.80. The Balaban J connectivity index is 0. The van der Waals surface area contributed by atoms with Gasteiger partial charge in [-0.05, 0) is 0 Å². The average Bonchev–Trinajstić information content (AvgIpc) is 2.18. The van der Waals surface area contributed by atoms with Crippen LogP contribution in [0.25, 0.3) is 0 Å². The van der Waals surface area contributed by atoms with Gasteiger partial charge in [0.05, 0.1) is 25.9 Å². The van der Waals surface area contributed by atoms with Crippen molar-refractivity contribution in [3.63, 3.8) is 0 Å². The summed E-state index contributed by atoms with van der Waals surface area (Å²) in [4.78, 5) is 0. The minimum atomic E-state index is -0.645. The van der Waals surface area contributed by atoms with Gasteiger partial charge in [0.2, 0.25) is 0 Å². The molecule has 0 aromatic carbocycles. The van der Waals surface area contributed by atoms with E-state index >= 15 is 0 Å². The number of hydrogen-bond donors (Lipinski definition) is 3. The van der Waals surface area contributed by atoms with Gasteiger partial charge in [-0.2, -0.15) is 12.6 Å². The van der Waals surface area contributed by atoms with Crippen molar-refractivity contribution in [2.24, 2.45) is 0 Å². The Labute approximate surface area is 85.1 Å². The molecule has 13 heavy (non-hydrogen) atoms. The number of thiol groups is 1. The minimum absolute atomic E-state index is 0.191. The molecule has 78 valence electrons. The molecule has 0 radical (unpaired) electrons. The molecule has 0 spiro atoms. The molecule has 0 saturated heterocycles. The highest BCUT2D eigenvalue weighted by Gasteiger charge is 1.92. The van der Waals surface area contributed by atoms with Gasteiger partial charge >= 0.3 is 0 Å². The van der Waals surface area contributed by atoms with E-state index in [-0.39, 0.29) is 6.61 Å². The normalized spacial score (nSPS) is 11.0. The van der Waals surface area contributed by atoms with Gasteiger partial charge in [-0.15, -0.1) is 13.2 Å². The van der Waals surface area contributed by atoms with Gasteiger partial charge in [0.25, 0.3) is 0 Å². The molecule has 4 heteroatoms. The zero-order valence-corrected chi connectivity index (χ0v) is 8.62. The second-order valence-electron chi connectivity index (χ2n) is 2.13. The zero-order chi connectivity index (χ0) is 10.5. The lowest BCUT2D eigenvalue weighted by Gasteiger charge is -1.96. The van der Waals surface area contributed by atoms with E-state index in [0.717, 1.165) is 0 Å². The van der Waals surface area contributed by atoms with E-state index in [2.05, 4.69) is 25.8 Å². The van der Waals surface area contributed by atoms with E-state index < -0.39 is 6.10 Å². The molecule has 0 bridgehead atoms. The Kier molecular flexibility index (Phi) is 16.7. The Hall–Kier alpha value is -0.290. The number of aliphatic hydroxyl groups is 2. The van der Waals surface area contributed by atoms with Crippen LogP contribution in [-0.2, 0) is 4.74 Å². The second kappa shape index (κ2) is 14.2. The Morgan fingerprint density at radius 2 is 1.77 bits per heavy atom. The zero-order valence-electron chi connectivity index (χ0n) is 7.72. The van der Waals surface area contributed by atoms with E-state index in [4.69, 9.17) is 14.9 Å². The Morgan fingerprint density at radius 3 is 1.92 bits per heavy atom. The maximum absolute atomic E-state index is 8.34. The Bertz CT molecular complexity index is 105. The lowest BCUT2D eigenvalue weighted by Crippen LogP contribution is -2.12. The molecule has 0 aliphatic carbocycles. The van der Waals surface area contributed by atoms with Crippen molar-refractivity contribution in [3.05, 3.63) is 25.3 Å². The molecule has 0 amide bonds. The maximum atomic E-state index is 8.34. The van der Waals surface area contributed by atoms with Crippen molar-refractivity contribution >= 4 is 12.6 Å². The van der Waals surface area contributed by atoms with Crippen LogP contribution in [0, 0.1) is 0 Å². The van der Waals surface area contributed by atoms with Crippen molar-refractivity contribution in [2.75, 3.05) is 25.6 Å². The standard InChI is InChI=1S/C6H10O.C3H8O2S/c1-3-5-7-6-4-2;4-1-3(5)2-6/h3-4H,1-2,5-6H2;3-6H,1-2H2. The van der Waals surface area contributed by atoms with Crippen LogP contribution in [0.1, 0.15) is 0 Å². The summed E-state index contributed by atoms with van der Waals surface area (Å²) in [6, 6.07) is 0. The summed E-state index contributed by atoms with van der Waals surface area (Å²) in [5.74, 6) is 0.330. The summed E-state index contributed by atoms with van der Waals surface area (Å²) < 4.78 is 4.90.